The van der Waals surface area contributed by atoms with Gasteiger partial charge in [-0.15, -0.1) is 0 Å². The van der Waals surface area contributed by atoms with Gasteiger partial charge in [-0.25, -0.2) is 13.1 Å². The minimum Gasteiger partial charge on any atom is -0.210 e. The maximum Gasteiger partial charge on any atom is 0.240 e. The number of nitriles is 1. The molecule has 0 spiro atoms. The van der Waals surface area contributed by atoms with E-state index in [-0.39, 0.29) is 11.4 Å². The van der Waals surface area contributed by atoms with Crippen molar-refractivity contribution in [1.82, 2.24) is 4.72 Å². The Morgan fingerprint density at radius 1 is 1.35 bits per heavy atom. The first-order valence-corrected chi connectivity index (χ1v) is 6.79. The molecule has 0 atom stereocenters. The number of benzene rings is 1. The molecule has 0 bridgehead atoms. The number of hydrogen-bond acceptors (Lipinski definition) is 3. The molecular formula is C11H13ClN2O2S. The summed E-state index contributed by atoms with van der Waals surface area (Å²) in [5, 5.41) is 9.27. The third-order valence-corrected chi connectivity index (χ3v) is 3.80. The molecule has 0 radical (unpaired) electrons. The Balaban J connectivity index is 2.84. The molecule has 4 nitrogen and oxygen atoms in total. The number of hydrogen-bond donors (Lipinski definition) is 1. The summed E-state index contributed by atoms with van der Waals surface area (Å²) in [6.07, 6.45) is 0. The van der Waals surface area contributed by atoms with Crippen LogP contribution in [0.5, 0.6) is 0 Å². The standard InChI is InChI=1S/C11H13ClN2O2S/c1-11(2,7-13)8-14-17(15,16)10-5-3-9(12)4-6-10/h3-6,14H,8H2,1-2H3. The number of sulfonamides is 1. The Hall–Kier alpha value is -1.09. The zero-order valence-corrected chi connectivity index (χ0v) is 11.1. The largest absolute Gasteiger partial charge is 0.240 e. The van der Waals surface area contributed by atoms with Crippen molar-refractivity contribution in [3.8, 4) is 6.07 Å². The van der Waals surface area contributed by atoms with Crippen LogP contribution < -0.4 is 4.72 Å². The predicted molar refractivity (Wildman–Crippen MR) is 66.0 cm³/mol. The lowest BCUT2D eigenvalue weighted by Gasteiger charge is -2.15. The average Bonchev–Trinajstić information content (AvgIpc) is 2.27. The van der Waals surface area contributed by atoms with Gasteiger partial charge in [0.2, 0.25) is 10.0 Å². The van der Waals surface area contributed by atoms with Gasteiger partial charge in [-0.2, -0.15) is 5.26 Å². The van der Waals surface area contributed by atoms with Crippen molar-refractivity contribution in [2.45, 2.75) is 18.7 Å². The van der Waals surface area contributed by atoms with E-state index < -0.39 is 15.4 Å². The van der Waals surface area contributed by atoms with Gasteiger partial charge in [-0.05, 0) is 38.1 Å². The maximum absolute atomic E-state index is 11.8. The van der Waals surface area contributed by atoms with Crippen LogP contribution in [0.1, 0.15) is 13.8 Å². The van der Waals surface area contributed by atoms with Crippen LogP contribution in [0.15, 0.2) is 29.2 Å². The summed E-state index contributed by atoms with van der Waals surface area (Å²) in [4.78, 5) is 0.135. The zero-order chi connectivity index (χ0) is 13.1. The van der Waals surface area contributed by atoms with Gasteiger partial charge in [0, 0.05) is 11.6 Å². The average molecular weight is 273 g/mol. The Morgan fingerprint density at radius 2 is 1.88 bits per heavy atom. The molecule has 1 aromatic carbocycles. The van der Waals surface area contributed by atoms with E-state index >= 15 is 0 Å². The second-order valence-electron chi connectivity index (χ2n) is 4.27. The molecule has 0 aliphatic carbocycles. The van der Waals surface area contributed by atoms with Crippen molar-refractivity contribution in [1.29, 1.82) is 5.26 Å². The first kappa shape index (κ1) is 14.0. The van der Waals surface area contributed by atoms with Gasteiger partial charge in [0.25, 0.3) is 0 Å². The molecule has 1 N–H and O–H groups in total. The Kier molecular flexibility index (Phi) is 4.15. The highest BCUT2D eigenvalue weighted by Gasteiger charge is 2.21. The number of halogens is 1. The van der Waals surface area contributed by atoms with E-state index in [0.29, 0.717) is 5.02 Å². The normalized spacial score (nSPS) is 12.1. The topological polar surface area (TPSA) is 70.0 Å². The number of rotatable bonds is 4. The molecule has 0 aliphatic heterocycles. The van der Waals surface area contributed by atoms with E-state index in [1.807, 2.05) is 6.07 Å². The van der Waals surface area contributed by atoms with Crippen molar-refractivity contribution in [3.63, 3.8) is 0 Å². The second kappa shape index (κ2) is 5.05. The third kappa shape index (κ3) is 4.00. The first-order valence-electron chi connectivity index (χ1n) is 4.93. The van der Waals surface area contributed by atoms with Crippen molar-refractivity contribution < 1.29 is 8.42 Å². The van der Waals surface area contributed by atoms with E-state index in [4.69, 9.17) is 16.9 Å². The van der Waals surface area contributed by atoms with Gasteiger partial charge in [0.05, 0.1) is 16.4 Å². The zero-order valence-electron chi connectivity index (χ0n) is 9.57. The van der Waals surface area contributed by atoms with E-state index in [9.17, 15) is 8.42 Å². The summed E-state index contributed by atoms with van der Waals surface area (Å²) in [7, 11) is -3.58. The summed E-state index contributed by atoms with van der Waals surface area (Å²) in [5.74, 6) is 0. The summed E-state index contributed by atoms with van der Waals surface area (Å²) in [6, 6.07) is 7.88. The van der Waals surface area contributed by atoms with Crippen LogP contribution in [0.25, 0.3) is 0 Å². The smallest absolute Gasteiger partial charge is 0.210 e. The molecule has 1 rings (SSSR count). The van der Waals surface area contributed by atoms with Crippen LogP contribution >= 0.6 is 11.6 Å². The lowest BCUT2D eigenvalue weighted by molar-refractivity contribution is 0.479. The second-order valence-corrected chi connectivity index (χ2v) is 6.48. The van der Waals surface area contributed by atoms with Crippen molar-refractivity contribution in [3.05, 3.63) is 29.3 Å². The van der Waals surface area contributed by atoms with Crippen LogP contribution in [-0.4, -0.2) is 15.0 Å². The van der Waals surface area contributed by atoms with Crippen LogP contribution in [-0.2, 0) is 10.0 Å². The fourth-order valence-electron chi connectivity index (χ4n) is 1.01. The molecule has 6 heteroatoms. The third-order valence-electron chi connectivity index (χ3n) is 2.13. The predicted octanol–water partition coefficient (Wildman–Crippen LogP) is 2.17. The summed E-state index contributed by atoms with van der Waals surface area (Å²) in [6.45, 7) is 3.39. The van der Waals surface area contributed by atoms with E-state index in [1.165, 1.54) is 24.3 Å². The van der Waals surface area contributed by atoms with Crippen LogP contribution in [0.3, 0.4) is 0 Å². The SMILES string of the molecule is CC(C)(C#N)CNS(=O)(=O)c1ccc(Cl)cc1. The molecule has 17 heavy (non-hydrogen) atoms. The monoisotopic (exact) mass is 272 g/mol. The summed E-state index contributed by atoms with van der Waals surface area (Å²) in [5.41, 5.74) is -0.737. The molecule has 0 fully saturated rings. The van der Waals surface area contributed by atoms with Gasteiger partial charge in [0.1, 0.15) is 0 Å². The number of nitrogens with zero attached hydrogens (tertiary/aromatic N) is 1. The number of nitrogens with one attached hydrogen (secondary N) is 1. The summed E-state index contributed by atoms with van der Waals surface area (Å²) >= 11 is 5.68. The molecule has 0 aromatic heterocycles. The van der Waals surface area contributed by atoms with Gasteiger partial charge >= 0.3 is 0 Å². The van der Waals surface area contributed by atoms with Crippen LogP contribution in [0.2, 0.25) is 5.02 Å². The van der Waals surface area contributed by atoms with E-state index in [1.54, 1.807) is 13.8 Å². The van der Waals surface area contributed by atoms with Crippen molar-refractivity contribution in [2.24, 2.45) is 5.41 Å². The van der Waals surface area contributed by atoms with Gasteiger partial charge in [-0.3, -0.25) is 0 Å². The maximum atomic E-state index is 11.8. The fourth-order valence-corrected chi connectivity index (χ4v) is 2.35. The Bertz CT molecular complexity index is 530. The molecule has 0 unspecified atom stereocenters. The minimum atomic E-state index is -3.58. The Morgan fingerprint density at radius 3 is 2.35 bits per heavy atom. The highest BCUT2D eigenvalue weighted by atomic mass is 35.5. The van der Waals surface area contributed by atoms with Gasteiger partial charge < -0.3 is 0 Å². The lowest BCUT2D eigenvalue weighted by Crippen LogP contribution is -2.33. The van der Waals surface area contributed by atoms with Crippen molar-refractivity contribution >= 4 is 21.6 Å². The fraction of sp³-hybridized carbons (Fsp3) is 0.364. The van der Waals surface area contributed by atoms with E-state index in [2.05, 4.69) is 4.72 Å². The molecule has 0 heterocycles. The first-order chi connectivity index (χ1) is 7.77. The molecule has 0 aliphatic rings. The highest BCUT2D eigenvalue weighted by Crippen LogP contribution is 2.16. The Labute approximate surface area is 106 Å². The molecule has 0 saturated heterocycles. The quantitative estimate of drug-likeness (QED) is 0.913. The van der Waals surface area contributed by atoms with Crippen LogP contribution in [0.4, 0.5) is 0 Å². The summed E-state index contributed by atoms with van der Waals surface area (Å²) < 4.78 is 26.1. The molecule has 0 saturated carbocycles. The molecular weight excluding hydrogens is 260 g/mol. The lowest BCUT2D eigenvalue weighted by atomic mass is 9.97. The molecule has 1 aromatic rings. The minimum absolute atomic E-state index is 0.0639. The van der Waals surface area contributed by atoms with Gasteiger partial charge in [-0.1, -0.05) is 11.6 Å². The van der Waals surface area contributed by atoms with E-state index in [0.717, 1.165) is 0 Å². The van der Waals surface area contributed by atoms with Crippen LogP contribution in [0, 0.1) is 16.7 Å². The molecule has 92 valence electrons. The van der Waals surface area contributed by atoms with Crippen molar-refractivity contribution in [2.75, 3.05) is 6.54 Å². The molecule has 0 amide bonds. The highest BCUT2D eigenvalue weighted by molar-refractivity contribution is 7.89. The van der Waals surface area contributed by atoms with Gasteiger partial charge in [0.15, 0.2) is 0 Å².